The Bertz CT molecular complexity index is 851. The van der Waals surface area contributed by atoms with Crippen LogP contribution in [0.2, 0.25) is 0 Å². The van der Waals surface area contributed by atoms with Crippen molar-refractivity contribution in [2.45, 2.75) is 13.3 Å². The van der Waals surface area contributed by atoms with Gasteiger partial charge in [0.05, 0.1) is 26.2 Å². The van der Waals surface area contributed by atoms with Crippen molar-refractivity contribution in [3.05, 3.63) is 52.5 Å². The highest BCUT2D eigenvalue weighted by molar-refractivity contribution is 9.10. The van der Waals surface area contributed by atoms with Gasteiger partial charge in [0, 0.05) is 21.9 Å². The van der Waals surface area contributed by atoms with Crippen molar-refractivity contribution in [1.29, 1.82) is 0 Å². The lowest BCUT2D eigenvalue weighted by molar-refractivity contribution is -0.115. The smallest absolute Gasteiger partial charge is 0.275 e. The van der Waals surface area contributed by atoms with E-state index in [0.717, 1.165) is 4.47 Å². The molecule has 2 aromatic rings. The second-order valence-corrected chi connectivity index (χ2v) is 6.50. The average Bonchev–Trinajstić information content (AvgIpc) is 2.67. The Kier molecular flexibility index (Phi) is 7.36. The first-order chi connectivity index (χ1) is 12.9. The van der Waals surface area contributed by atoms with Crippen molar-refractivity contribution in [3.8, 4) is 11.5 Å². The van der Waals surface area contributed by atoms with E-state index in [4.69, 9.17) is 9.47 Å². The highest BCUT2D eigenvalue weighted by atomic mass is 79.9. The number of amides is 2. The van der Waals surface area contributed by atoms with Gasteiger partial charge < -0.3 is 14.8 Å². The fourth-order valence-corrected chi connectivity index (χ4v) is 2.47. The zero-order valence-corrected chi connectivity index (χ0v) is 16.8. The van der Waals surface area contributed by atoms with Crippen LogP contribution in [0.3, 0.4) is 0 Å². The summed E-state index contributed by atoms with van der Waals surface area (Å²) in [5.41, 5.74) is 3.89. The van der Waals surface area contributed by atoms with Gasteiger partial charge >= 0.3 is 0 Å². The number of carbonyl (C=O) groups is 2. The van der Waals surface area contributed by atoms with Crippen LogP contribution in [0.1, 0.15) is 23.7 Å². The number of anilines is 1. The van der Waals surface area contributed by atoms with E-state index in [-0.39, 0.29) is 12.3 Å². The van der Waals surface area contributed by atoms with E-state index in [9.17, 15) is 9.59 Å². The zero-order valence-electron chi connectivity index (χ0n) is 15.2. The van der Waals surface area contributed by atoms with Gasteiger partial charge in [-0.1, -0.05) is 15.9 Å². The molecule has 0 aliphatic carbocycles. The lowest BCUT2D eigenvalue weighted by Gasteiger charge is -2.09. The molecule has 0 unspecified atom stereocenters. The molecule has 142 valence electrons. The molecule has 0 bridgehead atoms. The molecule has 0 aliphatic rings. The molecule has 8 heteroatoms. The average molecular weight is 434 g/mol. The molecule has 0 aliphatic heterocycles. The van der Waals surface area contributed by atoms with Gasteiger partial charge in [0.25, 0.3) is 5.91 Å². The fourth-order valence-electron chi connectivity index (χ4n) is 2.20. The number of benzene rings is 2. The largest absolute Gasteiger partial charge is 0.497 e. The second kappa shape index (κ2) is 9.72. The summed E-state index contributed by atoms with van der Waals surface area (Å²) in [5, 5.41) is 6.74. The van der Waals surface area contributed by atoms with Crippen LogP contribution < -0.4 is 20.2 Å². The van der Waals surface area contributed by atoms with Gasteiger partial charge in [-0.05, 0) is 43.3 Å². The van der Waals surface area contributed by atoms with E-state index in [1.807, 2.05) is 12.1 Å². The minimum atomic E-state index is -0.442. The van der Waals surface area contributed by atoms with E-state index in [1.54, 1.807) is 37.3 Å². The number of nitrogens with zero attached hydrogens (tertiary/aromatic N) is 1. The summed E-state index contributed by atoms with van der Waals surface area (Å²) in [6.07, 6.45) is 0.0517. The standard InChI is InChI=1S/C19H20BrN3O4/c1-12(10-18(24)21-14-6-4-13(20)5-7-14)22-23-19(25)16-9-8-15(26-2)11-17(16)27-3/h4-9,11H,10H2,1-3H3,(H,21,24)(H,23,25). The molecule has 7 nitrogen and oxygen atoms in total. The topological polar surface area (TPSA) is 89.0 Å². The summed E-state index contributed by atoms with van der Waals surface area (Å²) in [5.74, 6) is 0.275. The van der Waals surface area contributed by atoms with Gasteiger partial charge in [0.2, 0.25) is 5.91 Å². The predicted molar refractivity (Wildman–Crippen MR) is 108 cm³/mol. The van der Waals surface area contributed by atoms with E-state index >= 15 is 0 Å². The van der Waals surface area contributed by atoms with Crippen molar-refractivity contribution in [1.82, 2.24) is 5.43 Å². The number of hydrogen-bond donors (Lipinski definition) is 2. The van der Waals surface area contributed by atoms with Crippen LogP contribution in [0.15, 0.2) is 52.0 Å². The van der Waals surface area contributed by atoms with Gasteiger partial charge in [-0.2, -0.15) is 5.10 Å². The number of methoxy groups -OCH3 is 2. The van der Waals surface area contributed by atoms with Gasteiger partial charge in [-0.15, -0.1) is 0 Å². The number of nitrogens with one attached hydrogen (secondary N) is 2. The SMILES string of the molecule is COc1ccc(C(=O)NN=C(C)CC(=O)Nc2ccc(Br)cc2)c(OC)c1. The Balaban J connectivity index is 1.95. The first kappa shape index (κ1) is 20.4. The summed E-state index contributed by atoms with van der Waals surface area (Å²) >= 11 is 3.34. The number of hydrazone groups is 1. The summed E-state index contributed by atoms with van der Waals surface area (Å²) in [4.78, 5) is 24.3. The Hall–Kier alpha value is -2.87. The van der Waals surface area contributed by atoms with Crippen LogP contribution in [0.5, 0.6) is 11.5 Å². The maximum absolute atomic E-state index is 12.3. The minimum Gasteiger partial charge on any atom is -0.497 e. The van der Waals surface area contributed by atoms with E-state index < -0.39 is 5.91 Å². The molecule has 2 rings (SSSR count). The highest BCUT2D eigenvalue weighted by Crippen LogP contribution is 2.24. The highest BCUT2D eigenvalue weighted by Gasteiger charge is 2.13. The van der Waals surface area contributed by atoms with Crippen LogP contribution >= 0.6 is 15.9 Å². The first-order valence-electron chi connectivity index (χ1n) is 8.04. The van der Waals surface area contributed by atoms with Crippen LogP contribution in [-0.4, -0.2) is 31.7 Å². The maximum Gasteiger partial charge on any atom is 0.275 e. The minimum absolute atomic E-state index is 0.0517. The number of carbonyl (C=O) groups excluding carboxylic acids is 2. The van der Waals surface area contributed by atoms with E-state index in [1.165, 1.54) is 14.2 Å². The van der Waals surface area contributed by atoms with Crippen molar-refractivity contribution >= 4 is 39.1 Å². The van der Waals surface area contributed by atoms with Crippen molar-refractivity contribution < 1.29 is 19.1 Å². The molecule has 0 saturated heterocycles. The molecule has 0 aromatic heterocycles. The second-order valence-electron chi connectivity index (χ2n) is 5.59. The van der Waals surface area contributed by atoms with Gasteiger partial charge in [-0.25, -0.2) is 5.43 Å². The van der Waals surface area contributed by atoms with Crippen molar-refractivity contribution in [2.24, 2.45) is 5.10 Å². The fraction of sp³-hybridized carbons (Fsp3) is 0.211. The Morgan fingerprint density at radius 3 is 2.41 bits per heavy atom. The summed E-state index contributed by atoms with van der Waals surface area (Å²) in [6.45, 7) is 1.66. The lowest BCUT2D eigenvalue weighted by Crippen LogP contribution is -2.22. The molecular formula is C19H20BrN3O4. The van der Waals surface area contributed by atoms with Gasteiger partial charge in [0.15, 0.2) is 0 Å². The summed E-state index contributed by atoms with van der Waals surface area (Å²) in [6, 6.07) is 12.1. The number of rotatable bonds is 7. The first-order valence-corrected chi connectivity index (χ1v) is 8.83. The van der Waals surface area contributed by atoms with Crippen LogP contribution in [0.25, 0.3) is 0 Å². The molecule has 0 heterocycles. The molecule has 0 saturated carbocycles. The molecule has 0 fully saturated rings. The molecule has 2 aromatic carbocycles. The normalized spacial score (nSPS) is 10.9. The number of hydrogen-bond acceptors (Lipinski definition) is 5. The van der Waals surface area contributed by atoms with E-state index in [0.29, 0.717) is 28.5 Å². The number of ether oxygens (including phenoxy) is 2. The molecule has 0 radical (unpaired) electrons. The Labute approximate surface area is 165 Å². The molecule has 2 amide bonds. The molecule has 0 atom stereocenters. The summed E-state index contributed by atoms with van der Waals surface area (Å²) < 4.78 is 11.2. The zero-order chi connectivity index (χ0) is 19.8. The van der Waals surface area contributed by atoms with Crippen molar-refractivity contribution in [3.63, 3.8) is 0 Å². The third-order valence-electron chi connectivity index (χ3n) is 3.55. The van der Waals surface area contributed by atoms with Crippen LogP contribution in [0, 0.1) is 0 Å². The Morgan fingerprint density at radius 1 is 1.07 bits per heavy atom. The monoisotopic (exact) mass is 433 g/mol. The van der Waals surface area contributed by atoms with Crippen LogP contribution in [0.4, 0.5) is 5.69 Å². The predicted octanol–water partition coefficient (Wildman–Crippen LogP) is 3.60. The lowest BCUT2D eigenvalue weighted by atomic mass is 10.2. The third kappa shape index (κ3) is 6.10. The van der Waals surface area contributed by atoms with Crippen molar-refractivity contribution in [2.75, 3.05) is 19.5 Å². The number of halogens is 1. The van der Waals surface area contributed by atoms with E-state index in [2.05, 4.69) is 31.8 Å². The quantitative estimate of drug-likeness (QED) is 0.515. The summed E-state index contributed by atoms with van der Waals surface area (Å²) in [7, 11) is 2.99. The Morgan fingerprint density at radius 2 is 1.78 bits per heavy atom. The van der Waals surface area contributed by atoms with Gasteiger partial charge in [-0.3, -0.25) is 9.59 Å². The molecule has 27 heavy (non-hydrogen) atoms. The molecular weight excluding hydrogens is 414 g/mol. The third-order valence-corrected chi connectivity index (χ3v) is 4.07. The van der Waals surface area contributed by atoms with Gasteiger partial charge in [0.1, 0.15) is 11.5 Å². The molecule has 0 spiro atoms. The maximum atomic E-state index is 12.3. The van der Waals surface area contributed by atoms with Crippen LogP contribution in [-0.2, 0) is 4.79 Å². The molecule has 2 N–H and O–H groups in total.